The van der Waals surface area contributed by atoms with Crippen LogP contribution in [0.25, 0.3) is 0 Å². The van der Waals surface area contributed by atoms with Crippen LogP contribution in [-0.2, 0) is 0 Å². The number of hydrogen-bond acceptors (Lipinski definition) is 23. The van der Waals surface area contributed by atoms with E-state index in [9.17, 15) is 40.5 Å². The van der Waals surface area contributed by atoms with Crippen molar-refractivity contribution in [1.82, 2.24) is 0 Å². The minimum Gasteiger partial charge on any atom is -0.494 e. The molecule has 4 aromatic rings. The zero-order valence-corrected chi connectivity index (χ0v) is 36.0. The molecule has 2 atom stereocenters. The highest BCUT2D eigenvalue weighted by molar-refractivity contribution is 5.65. The maximum absolute atomic E-state index is 10.9. The third kappa shape index (κ3) is 20.4. The van der Waals surface area contributed by atoms with E-state index >= 15 is 0 Å². The van der Waals surface area contributed by atoms with Crippen molar-refractivity contribution in [1.29, 1.82) is 0 Å². The van der Waals surface area contributed by atoms with E-state index in [2.05, 4.69) is 21.3 Å². The Hall–Kier alpha value is -7.40. The molecule has 0 radical (unpaired) electrons. The lowest BCUT2D eigenvalue weighted by molar-refractivity contribution is -0.385. The van der Waals surface area contributed by atoms with Gasteiger partial charge in [0.1, 0.15) is 72.1 Å². The lowest BCUT2D eigenvalue weighted by Gasteiger charge is -2.11. The Morgan fingerprint density at radius 2 is 0.970 bits per heavy atom. The average Bonchev–Trinajstić information content (AvgIpc) is 3.32. The normalized spacial score (nSPS) is 10.9. The summed E-state index contributed by atoms with van der Waals surface area (Å²) < 4.78 is 20.4. The molecule has 0 saturated carbocycles. The van der Waals surface area contributed by atoms with Crippen LogP contribution in [0.2, 0.25) is 0 Å². The summed E-state index contributed by atoms with van der Waals surface area (Å²) in [6, 6.07) is 17.0. The summed E-state index contributed by atoms with van der Waals surface area (Å²) in [5.74, 6) is 1.47. The molecule has 11 N–H and O–H groups in total. The maximum atomic E-state index is 10.9. The zero-order valence-electron chi connectivity index (χ0n) is 36.0. The van der Waals surface area contributed by atoms with Crippen molar-refractivity contribution in [2.24, 2.45) is 0 Å². The van der Waals surface area contributed by atoms with Crippen LogP contribution in [0.1, 0.15) is 0 Å². The van der Waals surface area contributed by atoms with Crippen molar-refractivity contribution in [3.63, 3.8) is 0 Å². The molecule has 0 heterocycles. The van der Waals surface area contributed by atoms with Gasteiger partial charge in [-0.3, -0.25) is 40.5 Å². The van der Waals surface area contributed by atoms with Gasteiger partial charge in [0, 0.05) is 57.5 Å². The number of nitro benzene ring substituents is 4. The molecule has 0 fully saturated rings. The minimum absolute atomic E-state index is 0.00570. The number of nitro groups is 4. The van der Waals surface area contributed by atoms with Gasteiger partial charge >= 0.3 is 0 Å². The number of non-ortho nitro benzene ring substituents is 1. The van der Waals surface area contributed by atoms with Crippen molar-refractivity contribution < 1.29 is 74.4 Å². The number of rotatable bonds is 24. The monoisotopic (exact) mass is 938 g/mol. The fraction of sp³-hybridized carbons (Fsp3) is 0.385. The predicted octanol–water partition coefficient (Wildman–Crippen LogP) is 2.11. The summed E-state index contributed by atoms with van der Waals surface area (Å²) in [5, 5.41) is 115. The van der Waals surface area contributed by atoms with E-state index in [1.165, 1.54) is 73.8 Å². The van der Waals surface area contributed by atoms with Gasteiger partial charge in [-0.05, 0) is 30.3 Å². The molecule has 0 aliphatic carbocycles. The summed E-state index contributed by atoms with van der Waals surface area (Å²) >= 11 is 0. The van der Waals surface area contributed by atoms with Gasteiger partial charge in [0.05, 0.1) is 77.7 Å². The summed E-state index contributed by atoms with van der Waals surface area (Å²) in [6.45, 7) is -0.581. The Bertz CT molecular complexity index is 2120. The molecule has 0 saturated heterocycles. The fourth-order valence-corrected chi connectivity index (χ4v) is 4.80. The first kappa shape index (κ1) is 56.6. The summed E-state index contributed by atoms with van der Waals surface area (Å²) in [5.41, 5.74) is 1.33. The molecular formula is C39H54N8O19. The second kappa shape index (κ2) is 31.4. The maximum Gasteiger partial charge on any atom is 0.296 e. The molecule has 0 spiro atoms. The summed E-state index contributed by atoms with van der Waals surface area (Å²) in [4.78, 5) is 40.6. The highest BCUT2D eigenvalue weighted by Crippen LogP contribution is 2.31. The number of aliphatic hydroxyl groups excluding tert-OH is 7. The fourth-order valence-electron chi connectivity index (χ4n) is 4.80. The smallest absolute Gasteiger partial charge is 0.296 e. The van der Waals surface area contributed by atoms with E-state index in [0.717, 1.165) is 0 Å². The van der Waals surface area contributed by atoms with E-state index in [-0.39, 0.29) is 80.4 Å². The minimum atomic E-state index is -1.04. The molecule has 0 aliphatic rings. The van der Waals surface area contributed by atoms with Crippen LogP contribution in [0.15, 0.2) is 72.8 Å². The van der Waals surface area contributed by atoms with Crippen molar-refractivity contribution in [2.75, 3.05) is 108 Å². The largest absolute Gasteiger partial charge is 0.494 e. The van der Waals surface area contributed by atoms with Crippen molar-refractivity contribution in [3.8, 4) is 23.0 Å². The van der Waals surface area contributed by atoms with Crippen LogP contribution >= 0.6 is 0 Å². The molecule has 4 rings (SSSR count). The number of anilines is 4. The van der Waals surface area contributed by atoms with Crippen molar-refractivity contribution in [3.05, 3.63) is 113 Å². The molecule has 2 unspecified atom stereocenters. The molecule has 4 aromatic carbocycles. The van der Waals surface area contributed by atoms with Crippen molar-refractivity contribution >= 4 is 45.5 Å². The Labute approximate surface area is 376 Å². The van der Waals surface area contributed by atoms with Crippen LogP contribution in [0.3, 0.4) is 0 Å². The number of hydrogen-bond donors (Lipinski definition) is 11. The highest BCUT2D eigenvalue weighted by atomic mass is 16.6. The van der Waals surface area contributed by atoms with Gasteiger partial charge < -0.3 is 76.0 Å². The number of aliphatic hydroxyl groups is 7. The lowest BCUT2D eigenvalue weighted by Crippen LogP contribution is -2.21. The van der Waals surface area contributed by atoms with Gasteiger partial charge in [0.15, 0.2) is 0 Å². The molecule has 0 amide bonds. The number of benzene rings is 4. The number of nitrogens with zero attached hydrogens (tertiary/aromatic N) is 4. The number of ether oxygens (including phenoxy) is 4. The van der Waals surface area contributed by atoms with E-state index < -0.39 is 45.1 Å². The quantitative estimate of drug-likeness (QED) is 0.0354. The molecule has 27 heteroatoms. The SMILES string of the molecule is CNc1cc(OCC(O)CO)ccc1[N+](=O)[O-].CNc1cc(OCCO)ccc1[N+](=O)[O-].COc1cc([N+](=O)[O-])ccc1NCCO.O=[N+]([O-])c1cc(OCC(O)CO)ccc1NCCO. The van der Waals surface area contributed by atoms with Gasteiger partial charge in [0.2, 0.25) is 0 Å². The summed E-state index contributed by atoms with van der Waals surface area (Å²) in [7, 11) is 4.59. The van der Waals surface area contributed by atoms with Crippen molar-refractivity contribution in [2.45, 2.75) is 12.2 Å². The molecule has 364 valence electrons. The van der Waals surface area contributed by atoms with Crippen LogP contribution < -0.4 is 40.2 Å². The van der Waals surface area contributed by atoms with E-state index in [4.69, 9.17) is 54.7 Å². The van der Waals surface area contributed by atoms with Gasteiger partial charge in [0.25, 0.3) is 22.7 Å². The second-order valence-corrected chi connectivity index (χ2v) is 12.6. The number of methoxy groups -OCH3 is 1. The molecule has 0 aliphatic heterocycles. The highest BCUT2D eigenvalue weighted by Gasteiger charge is 2.17. The standard InChI is InChI=1S/C11H16N2O6.C10H14N2O5.2C9H12N2O4/c14-4-3-12-10-2-1-9(5-11(10)13(17)18)19-7-8(16)6-15;1-11-9-4-8(17-6-7(14)5-13)2-3-10(9)12(15)16;1-10-8-6-7(15-5-4-12)2-3-9(8)11(13)14;1-15-9-6-7(11(13)14)2-3-8(9)10-4-5-12/h1-2,5,8,12,14-16H,3-4,6-7H2;2-4,7,11,13-14H,5-6H2,1H3;2*2-3,6,10,12H,4-5H2,1H3. The average molecular weight is 939 g/mol. The zero-order chi connectivity index (χ0) is 49.6. The van der Waals surface area contributed by atoms with Crippen LogP contribution in [0, 0.1) is 40.5 Å². The Morgan fingerprint density at radius 3 is 1.38 bits per heavy atom. The summed E-state index contributed by atoms with van der Waals surface area (Å²) in [6.07, 6.45) is -2.01. The third-order valence-electron chi connectivity index (χ3n) is 7.95. The Balaban J connectivity index is 0.000000442. The van der Waals surface area contributed by atoms with Gasteiger partial charge in [-0.1, -0.05) is 0 Å². The van der Waals surface area contributed by atoms with Gasteiger partial charge in [-0.2, -0.15) is 0 Å². The first-order chi connectivity index (χ1) is 31.5. The first-order valence-corrected chi connectivity index (χ1v) is 19.3. The predicted molar refractivity (Wildman–Crippen MR) is 239 cm³/mol. The van der Waals surface area contributed by atoms with Gasteiger partial charge in [-0.15, -0.1) is 0 Å². The van der Waals surface area contributed by atoms with Crippen LogP contribution in [-0.4, -0.2) is 155 Å². The molecular weight excluding hydrogens is 884 g/mol. The lowest BCUT2D eigenvalue weighted by atomic mass is 10.2. The Kier molecular flexibility index (Phi) is 27.0. The van der Waals surface area contributed by atoms with Crippen LogP contribution in [0.5, 0.6) is 23.0 Å². The molecule has 66 heavy (non-hydrogen) atoms. The molecule has 0 bridgehead atoms. The third-order valence-corrected chi connectivity index (χ3v) is 7.95. The van der Waals surface area contributed by atoms with Gasteiger partial charge in [-0.25, -0.2) is 0 Å². The first-order valence-electron chi connectivity index (χ1n) is 19.3. The van der Waals surface area contributed by atoms with E-state index in [1.807, 2.05) is 0 Å². The molecule has 0 aromatic heterocycles. The van der Waals surface area contributed by atoms with E-state index in [0.29, 0.717) is 40.9 Å². The Morgan fingerprint density at radius 1 is 0.530 bits per heavy atom. The topological polar surface area (TPSA) is 399 Å². The number of nitrogens with one attached hydrogen (secondary N) is 4. The molecule has 27 nitrogen and oxygen atoms in total. The second-order valence-electron chi connectivity index (χ2n) is 12.6. The van der Waals surface area contributed by atoms with E-state index in [1.54, 1.807) is 20.2 Å². The van der Waals surface area contributed by atoms with Crippen LogP contribution in [0.4, 0.5) is 45.5 Å².